The molecule has 1 N–H and O–H groups in total. The zero-order valence-electron chi connectivity index (χ0n) is 10.5. The van der Waals surface area contributed by atoms with E-state index in [9.17, 15) is 4.79 Å². The Kier molecular flexibility index (Phi) is 3.96. The van der Waals surface area contributed by atoms with Gasteiger partial charge in [-0.2, -0.15) is 5.26 Å². The first-order chi connectivity index (χ1) is 8.70. The van der Waals surface area contributed by atoms with Crippen molar-refractivity contribution in [2.24, 2.45) is 5.92 Å². The Morgan fingerprint density at radius 2 is 2.44 bits per heavy atom. The highest BCUT2D eigenvalue weighted by Crippen LogP contribution is 2.13. The van der Waals surface area contributed by atoms with E-state index < -0.39 is 0 Å². The number of hydrogen-bond donors (Lipinski definition) is 1. The summed E-state index contributed by atoms with van der Waals surface area (Å²) in [6.45, 7) is 2.26. The maximum atomic E-state index is 12.1. The van der Waals surface area contributed by atoms with Crippen molar-refractivity contribution < 1.29 is 4.79 Å². The number of nitriles is 1. The molecule has 1 saturated heterocycles. The molecule has 0 aromatic heterocycles. The third-order valence-corrected chi connectivity index (χ3v) is 3.26. The molecule has 0 radical (unpaired) electrons. The SMILES string of the molecule is CN(Cc1cccc(C#N)c1)C(=O)C1CCNC1. The maximum absolute atomic E-state index is 12.1. The Morgan fingerprint density at radius 1 is 1.61 bits per heavy atom. The lowest BCUT2D eigenvalue weighted by Gasteiger charge is -2.20. The molecule has 1 aliphatic heterocycles. The number of nitrogens with one attached hydrogen (secondary N) is 1. The van der Waals surface area contributed by atoms with Crippen LogP contribution in [0, 0.1) is 17.2 Å². The topological polar surface area (TPSA) is 56.1 Å². The van der Waals surface area contributed by atoms with Crippen LogP contribution in [0.3, 0.4) is 0 Å². The van der Waals surface area contributed by atoms with Crippen LogP contribution in [0.1, 0.15) is 17.5 Å². The van der Waals surface area contributed by atoms with Gasteiger partial charge in [0, 0.05) is 20.1 Å². The second-order valence-electron chi connectivity index (χ2n) is 4.70. The van der Waals surface area contributed by atoms with E-state index in [0.717, 1.165) is 25.1 Å². The van der Waals surface area contributed by atoms with E-state index in [4.69, 9.17) is 5.26 Å². The van der Waals surface area contributed by atoms with Gasteiger partial charge in [0.25, 0.3) is 0 Å². The van der Waals surface area contributed by atoms with Crippen molar-refractivity contribution in [1.82, 2.24) is 10.2 Å². The van der Waals surface area contributed by atoms with Gasteiger partial charge < -0.3 is 10.2 Å². The number of amides is 1. The number of rotatable bonds is 3. The van der Waals surface area contributed by atoms with Crippen LogP contribution < -0.4 is 5.32 Å². The highest BCUT2D eigenvalue weighted by molar-refractivity contribution is 5.79. The van der Waals surface area contributed by atoms with E-state index in [1.54, 1.807) is 11.0 Å². The van der Waals surface area contributed by atoms with Gasteiger partial charge in [0.2, 0.25) is 5.91 Å². The quantitative estimate of drug-likeness (QED) is 0.865. The van der Waals surface area contributed by atoms with Crippen LogP contribution in [0.5, 0.6) is 0 Å². The molecule has 1 aromatic carbocycles. The van der Waals surface area contributed by atoms with Gasteiger partial charge in [-0.1, -0.05) is 12.1 Å². The third kappa shape index (κ3) is 2.88. The lowest BCUT2D eigenvalue weighted by molar-refractivity contribution is -0.134. The molecule has 94 valence electrons. The summed E-state index contributed by atoms with van der Waals surface area (Å²) in [5.41, 5.74) is 1.63. The van der Waals surface area contributed by atoms with Crippen molar-refractivity contribution in [2.45, 2.75) is 13.0 Å². The first-order valence-electron chi connectivity index (χ1n) is 6.15. The van der Waals surface area contributed by atoms with E-state index in [1.165, 1.54) is 0 Å². The molecule has 0 saturated carbocycles. The highest BCUT2D eigenvalue weighted by atomic mass is 16.2. The molecule has 0 aliphatic carbocycles. The van der Waals surface area contributed by atoms with Gasteiger partial charge in [-0.25, -0.2) is 0 Å². The molecule has 1 atom stereocenters. The molecular formula is C14H17N3O. The molecule has 0 spiro atoms. The van der Waals surface area contributed by atoms with E-state index >= 15 is 0 Å². The molecule has 4 heteroatoms. The third-order valence-electron chi connectivity index (χ3n) is 3.26. The van der Waals surface area contributed by atoms with Gasteiger partial charge in [0.1, 0.15) is 0 Å². The molecule has 1 unspecified atom stereocenters. The van der Waals surface area contributed by atoms with Crippen molar-refractivity contribution in [3.05, 3.63) is 35.4 Å². The predicted octanol–water partition coefficient (Wildman–Crippen LogP) is 1.13. The highest BCUT2D eigenvalue weighted by Gasteiger charge is 2.25. The van der Waals surface area contributed by atoms with Gasteiger partial charge in [0.15, 0.2) is 0 Å². The van der Waals surface area contributed by atoms with Gasteiger partial charge >= 0.3 is 0 Å². The molecular weight excluding hydrogens is 226 g/mol. The lowest BCUT2D eigenvalue weighted by atomic mass is 10.1. The minimum Gasteiger partial charge on any atom is -0.341 e. The van der Waals surface area contributed by atoms with E-state index in [-0.39, 0.29) is 11.8 Å². The van der Waals surface area contributed by atoms with Crippen molar-refractivity contribution >= 4 is 5.91 Å². The molecule has 1 heterocycles. The summed E-state index contributed by atoms with van der Waals surface area (Å²) in [6, 6.07) is 9.50. The van der Waals surface area contributed by atoms with Crippen LogP contribution in [-0.4, -0.2) is 30.9 Å². The predicted molar refractivity (Wildman–Crippen MR) is 68.6 cm³/mol. The van der Waals surface area contributed by atoms with Gasteiger partial charge in [0.05, 0.1) is 17.6 Å². The Hall–Kier alpha value is -1.86. The Balaban J connectivity index is 1.99. The van der Waals surface area contributed by atoms with E-state index in [2.05, 4.69) is 11.4 Å². The Morgan fingerprint density at radius 3 is 3.11 bits per heavy atom. The molecule has 18 heavy (non-hydrogen) atoms. The first kappa shape index (κ1) is 12.6. The molecule has 2 rings (SSSR count). The molecule has 0 bridgehead atoms. The maximum Gasteiger partial charge on any atom is 0.227 e. The van der Waals surface area contributed by atoms with E-state index in [0.29, 0.717) is 12.1 Å². The van der Waals surface area contributed by atoms with Crippen LogP contribution in [0.2, 0.25) is 0 Å². The molecule has 1 aliphatic rings. The number of carbonyl (C=O) groups excluding carboxylic acids is 1. The molecule has 4 nitrogen and oxygen atoms in total. The molecule has 1 aromatic rings. The zero-order chi connectivity index (χ0) is 13.0. The number of nitrogens with zero attached hydrogens (tertiary/aromatic N) is 2. The summed E-state index contributed by atoms with van der Waals surface area (Å²) in [7, 11) is 1.82. The van der Waals surface area contributed by atoms with Crippen LogP contribution in [0.25, 0.3) is 0 Å². The number of carbonyl (C=O) groups is 1. The number of hydrogen-bond acceptors (Lipinski definition) is 3. The standard InChI is InChI=1S/C14H17N3O/c1-17(14(18)13-5-6-16-9-13)10-12-4-2-3-11(7-12)8-15/h2-4,7,13,16H,5-6,9-10H2,1H3. The van der Waals surface area contributed by atoms with Crippen LogP contribution in [0.15, 0.2) is 24.3 Å². The lowest BCUT2D eigenvalue weighted by Crippen LogP contribution is -2.33. The van der Waals surface area contributed by atoms with Crippen LogP contribution in [0.4, 0.5) is 0 Å². The van der Waals surface area contributed by atoms with Crippen LogP contribution >= 0.6 is 0 Å². The fraction of sp³-hybridized carbons (Fsp3) is 0.429. The largest absolute Gasteiger partial charge is 0.341 e. The van der Waals surface area contributed by atoms with Crippen molar-refractivity contribution in [2.75, 3.05) is 20.1 Å². The normalized spacial score (nSPS) is 18.3. The zero-order valence-corrected chi connectivity index (χ0v) is 10.5. The summed E-state index contributed by atoms with van der Waals surface area (Å²) in [5, 5.41) is 12.0. The van der Waals surface area contributed by atoms with Gasteiger partial charge in [-0.3, -0.25) is 4.79 Å². The fourth-order valence-electron chi connectivity index (χ4n) is 2.27. The molecule has 1 amide bonds. The average Bonchev–Trinajstić information content (AvgIpc) is 2.92. The molecule has 1 fully saturated rings. The van der Waals surface area contributed by atoms with Crippen LogP contribution in [-0.2, 0) is 11.3 Å². The van der Waals surface area contributed by atoms with Crippen molar-refractivity contribution in [3.63, 3.8) is 0 Å². The summed E-state index contributed by atoms with van der Waals surface area (Å²) >= 11 is 0. The minimum absolute atomic E-state index is 0.106. The van der Waals surface area contributed by atoms with Gasteiger partial charge in [-0.15, -0.1) is 0 Å². The summed E-state index contributed by atoms with van der Waals surface area (Å²) in [5.74, 6) is 0.288. The van der Waals surface area contributed by atoms with E-state index in [1.807, 2.05) is 25.2 Å². The first-order valence-corrected chi connectivity index (χ1v) is 6.15. The summed E-state index contributed by atoms with van der Waals surface area (Å²) in [4.78, 5) is 13.9. The Bertz CT molecular complexity index is 472. The van der Waals surface area contributed by atoms with Crippen molar-refractivity contribution in [3.8, 4) is 6.07 Å². The summed E-state index contributed by atoms with van der Waals surface area (Å²) < 4.78 is 0. The van der Waals surface area contributed by atoms with Crippen molar-refractivity contribution in [1.29, 1.82) is 5.26 Å². The second kappa shape index (κ2) is 5.65. The smallest absolute Gasteiger partial charge is 0.227 e. The monoisotopic (exact) mass is 243 g/mol. The Labute approximate surface area is 107 Å². The second-order valence-corrected chi connectivity index (χ2v) is 4.70. The minimum atomic E-state index is 0.106. The fourth-order valence-corrected chi connectivity index (χ4v) is 2.27. The number of benzene rings is 1. The average molecular weight is 243 g/mol. The summed E-state index contributed by atoms with van der Waals surface area (Å²) in [6.07, 6.45) is 0.918. The van der Waals surface area contributed by atoms with Gasteiger partial charge in [-0.05, 0) is 30.7 Å².